The number of hydrogen-bond acceptors (Lipinski definition) is 3. The van der Waals surface area contributed by atoms with Crippen molar-refractivity contribution in [3.63, 3.8) is 0 Å². The monoisotopic (exact) mass is 267 g/mol. The lowest BCUT2D eigenvalue weighted by Crippen LogP contribution is -2.54. The van der Waals surface area contributed by atoms with Gasteiger partial charge in [0.15, 0.2) is 9.84 Å². The van der Waals surface area contributed by atoms with Gasteiger partial charge >= 0.3 is 0 Å². The molecule has 1 aromatic carbocycles. The van der Waals surface area contributed by atoms with Crippen molar-refractivity contribution in [2.24, 2.45) is 0 Å². The van der Waals surface area contributed by atoms with Crippen molar-refractivity contribution in [3.8, 4) is 0 Å². The third-order valence-corrected chi connectivity index (χ3v) is 5.50. The van der Waals surface area contributed by atoms with Crippen molar-refractivity contribution in [2.45, 2.75) is 39.3 Å². The van der Waals surface area contributed by atoms with Crippen molar-refractivity contribution >= 4 is 9.84 Å². The fourth-order valence-electron chi connectivity index (χ4n) is 2.58. The van der Waals surface area contributed by atoms with Crippen molar-refractivity contribution in [2.75, 3.05) is 11.5 Å². The molecule has 0 bridgehead atoms. The predicted octanol–water partition coefficient (Wildman–Crippen LogP) is 2.14. The number of aryl methyl sites for hydroxylation is 2. The summed E-state index contributed by atoms with van der Waals surface area (Å²) in [6.07, 6.45) is 0. The largest absolute Gasteiger partial charge is 0.303 e. The molecule has 1 N–H and O–H groups in total. The van der Waals surface area contributed by atoms with E-state index in [0.29, 0.717) is 0 Å². The summed E-state index contributed by atoms with van der Waals surface area (Å²) in [5.74, 6) is 0.403. The van der Waals surface area contributed by atoms with Crippen LogP contribution >= 0.6 is 0 Å². The van der Waals surface area contributed by atoms with Gasteiger partial charge in [-0.25, -0.2) is 8.42 Å². The molecule has 0 radical (unpaired) electrons. The second-order valence-corrected chi connectivity index (χ2v) is 8.09. The van der Waals surface area contributed by atoms with Gasteiger partial charge in [0.05, 0.1) is 11.5 Å². The molecule has 1 heterocycles. The Balaban J connectivity index is 2.35. The Kier molecular flexibility index (Phi) is 3.28. The highest BCUT2D eigenvalue weighted by Gasteiger charge is 2.36. The normalized spacial score (nSPS) is 25.9. The smallest absolute Gasteiger partial charge is 0.153 e. The number of sulfone groups is 1. The molecule has 100 valence electrons. The number of nitrogens with one attached hydrogen (secondary N) is 1. The van der Waals surface area contributed by atoms with Crippen molar-refractivity contribution in [1.82, 2.24) is 5.32 Å². The molecule has 1 unspecified atom stereocenters. The SMILES string of the molecule is Cc1ccc(C2CS(=O)(=O)CC(C)(C)N2)cc1C. The van der Waals surface area contributed by atoms with Crippen LogP contribution in [0.1, 0.15) is 36.6 Å². The minimum Gasteiger partial charge on any atom is -0.303 e. The van der Waals surface area contributed by atoms with Crippen LogP contribution in [0.4, 0.5) is 0 Å². The zero-order valence-electron chi connectivity index (χ0n) is 11.4. The van der Waals surface area contributed by atoms with Crippen LogP contribution in [0.25, 0.3) is 0 Å². The lowest BCUT2D eigenvalue weighted by molar-refractivity contribution is 0.359. The summed E-state index contributed by atoms with van der Waals surface area (Å²) in [7, 11) is -2.97. The molecular formula is C14H21NO2S. The molecule has 4 heteroatoms. The van der Waals surface area contributed by atoms with Crippen LogP contribution in [0.3, 0.4) is 0 Å². The third kappa shape index (κ3) is 2.93. The second-order valence-electron chi connectivity index (χ2n) is 5.98. The van der Waals surface area contributed by atoms with E-state index in [1.165, 1.54) is 11.1 Å². The van der Waals surface area contributed by atoms with E-state index in [4.69, 9.17) is 0 Å². The lowest BCUT2D eigenvalue weighted by Gasteiger charge is -2.37. The van der Waals surface area contributed by atoms with Crippen LogP contribution in [0.5, 0.6) is 0 Å². The first-order valence-electron chi connectivity index (χ1n) is 6.24. The summed E-state index contributed by atoms with van der Waals surface area (Å²) in [4.78, 5) is 0. The first kappa shape index (κ1) is 13.6. The van der Waals surface area contributed by atoms with Crippen LogP contribution in [0.15, 0.2) is 18.2 Å². The Labute approximate surface area is 110 Å². The predicted molar refractivity (Wildman–Crippen MR) is 74.5 cm³/mol. The van der Waals surface area contributed by atoms with E-state index in [1.807, 2.05) is 19.9 Å². The van der Waals surface area contributed by atoms with E-state index in [-0.39, 0.29) is 23.1 Å². The molecule has 0 amide bonds. The quantitative estimate of drug-likeness (QED) is 0.848. The Hall–Kier alpha value is -0.870. The van der Waals surface area contributed by atoms with Gasteiger partial charge in [-0.05, 0) is 44.4 Å². The molecule has 0 spiro atoms. The highest BCUT2D eigenvalue weighted by Crippen LogP contribution is 2.26. The summed E-state index contributed by atoms with van der Waals surface area (Å²) < 4.78 is 23.9. The van der Waals surface area contributed by atoms with Gasteiger partial charge in [0.2, 0.25) is 0 Å². The molecule has 0 saturated carbocycles. The highest BCUT2D eigenvalue weighted by molar-refractivity contribution is 7.91. The van der Waals surface area contributed by atoms with Crippen LogP contribution in [0.2, 0.25) is 0 Å². The maximum absolute atomic E-state index is 12.0. The van der Waals surface area contributed by atoms with Crippen molar-refractivity contribution < 1.29 is 8.42 Å². The molecule has 2 rings (SSSR count). The van der Waals surface area contributed by atoms with Gasteiger partial charge < -0.3 is 5.32 Å². The Morgan fingerprint density at radius 3 is 2.44 bits per heavy atom. The molecule has 1 saturated heterocycles. The van der Waals surface area contributed by atoms with Gasteiger partial charge in [0, 0.05) is 11.6 Å². The number of rotatable bonds is 1. The van der Waals surface area contributed by atoms with Crippen LogP contribution in [-0.4, -0.2) is 25.5 Å². The first-order chi connectivity index (χ1) is 8.19. The van der Waals surface area contributed by atoms with Gasteiger partial charge in [-0.1, -0.05) is 18.2 Å². The Morgan fingerprint density at radius 1 is 1.22 bits per heavy atom. The summed E-state index contributed by atoms with van der Waals surface area (Å²) in [6.45, 7) is 8.00. The molecule has 1 aliphatic rings. The van der Waals surface area contributed by atoms with Gasteiger partial charge in [-0.3, -0.25) is 0 Å². The molecule has 1 aromatic rings. The fourth-order valence-corrected chi connectivity index (χ4v) is 4.66. The minimum atomic E-state index is -2.97. The maximum Gasteiger partial charge on any atom is 0.153 e. The number of benzene rings is 1. The van der Waals surface area contributed by atoms with E-state index in [0.717, 1.165) is 5.56 Å². The second kappa shape index (κ2) is 4.35. The lowest BCUT2D eigenvalue weighted by atomic mass is 9.99. The summed E-state index contributed by atoms with van der Waals surface area (Å²) >= 11 is 0. The molecule has 1 fully saturated rings. The van der Waals surface area contributed by atoms with E-state index >= 15 is 0 Å². The molecular weight excluding hydrogens is 246 g/mol. The molecule has 1 atom stereocenters. The van der Waals surface area contributed by atoms with Crippen LogP contribution < -0.4 is 5.32 Å². The topological polar surface area (TPSA) is 46.2 Å². The molecule has 0 aliphatic carbocycles. The van der Waals surface area contributed by atoms with E-state index < -0.39 is 9.84 Å². The Morgan fingerprint density at radius 2 is 1.89 bits per heavy atom. The van der Waals surface area contributed by atoms with Crippen LogP contribution in [-0.2, 0) is 9.84 Å². The summed E-state index contributed by atoms with van der Waals surface area (Å²) in [6, 6.07) is 6.07. The maximum atomic E-state index is 12.0. The fraction of sp³-hybridized carbons (Fsp3) is 0.571. The van der Waals surface area contributed by atoms with Gasteiger partial charge in [-0.2, -0.15) is 0 Å². The standard InChI is InChI=1S/C14H21NO2S/c1-10-5-6-12(7-11(10)2)13-8-18(16,17)9-14(3,4)15-13/h5-7,13,15H,8-9H2,1-4H3. The third-order valence-electron chi connectivity index (χ3n) is 3.50. The molecule has 1 aliphatic heterocycles. The van der Waals surface area contributed by atoms with Gasteiger partial charge in [-0.15, -0.1) is 0 Å². The highest BCUT2D eigenvalue weighted by atomic mass is 32.2. The Bertz CT molecular complexity index is 561. The summed E-state index contributed by atoms with van der Waals surface area (Å²) in [5, 5.41) is 3.43. The average molecular weight is 267 g/mol. The van der Waals surface area contributed by atoms with E-state index in [1.54, 1.807) is 0 Å². The zero-order chi connectivity index (χ0) is 13.6. The first-order valence-corrected chi connectivity index (χ1v) is 8.06. The van der Waals surface area contributed by atoms with Gasteiger partial charge in [0.25, 0.3) is 0 Å². The van der Waals surface area contributed by atoms with Crippen molar-refractivity contribution in [1.29, 1.82) is 0 Å². The average Bonchev–Trinajstić information content (AvgIpc) is 2.17. The van der Waals surface area contributed by atoms with E-state index in [2.05, 4.69) is 31.3 Å². The molecule has 0 aromatic heterocycles. The molecule has 18 heavy (non-hydrogen) atoms. The van der Waals surface area contributed by atoms with Gasteiger partial charge in [0.1, 0.15) is 0 Å². The van der Waals surface area contributed by atoms with Crippen molar-refractivity contribution in [3.05, 3.63) is 34.9 Å². The number of hydrogen-bond donors (Lipinski definition) is 1. The molecule has 3 nitrogen and oxygen atoms in total. The van der Waals surface area contributed by atoms with Crippen LogP contribution in [0, 0.1) is 13.8 Å². The van der Waals surface area contributed by atoms with E-state index in [9.17, 15) is 8.42 Å². The summed E-state index contributed by atoms with van der Waals surface area (Å²) in [5.41, 5.74) is 3.14. The minimum absolute atomic E-state index is 0.0990. The zero-order valence-corrected chi connectivity index (χ0v) is 12.3.